The lowest BCUT2D eigenvalue weighted by Crippen LogP contribution is -2.36. The Morgan fingerprint density at radius 1 is 1.24 bits per heavy atom. The first-order chi connectivity index (χ1) is 9.90. The molecule has 2 atom stereocenters. The van der Waals surface area contributed by atoms with Crippen molar-refractivity contribution in [3.05, 3.63) is 35.4 Å². The molecule has 0 radical (unpaired) electrons. The van der Waals surface area contributed by atoms with Gasteiger partial charge in [-0.05, 0) is 38.1 Å². The van der Waals surface area contributed by atoms with Crippen molar-refractivity contribution >= 4 is 5.91 Å². The number of carbonyl (C=O) groups excluding carboxylic acids is 1. The highest BCUT2D eigenvalue weighted by Crippen LogP contribution is 2.26. The molecule has 1 saturated heterocycles. The van der Waals surface area contributed by atoms with Gasteiger partial charge in [0.1, 0.15) is 6.17 Å². The Labute approximate surface area is 128 Å². The van der Waals surface area contributed by atoms with Gasteiger partial charge in [0.25, 0.3) is 0 Å². The van der Waals surface area contributed by atoms with Crippen molar-refractivity contribution in [2.24, 2.45) is 0 Å². The highest BCUT2D eigenvalue weighted by molar-refractivity contribution is 5.84. The second-order valence-electron chi connectivity index (χ2n) is 6.45. The lowest BCUT2D eigenvalue weighted by Gasteiger charge is -2.26. The van der Waals surface area contributed by atoms with E-state index in [1.807, 2.05) is 25.9 Å². The summed E-state index contributed by atoms with van der Waals surface area (Å²) in [5, 5.41) is 3.40. The third-order valence-electron chi connectivity index (χ3n) is 4.08. The Kier molecular flexibility index (Phi) is 5.01. The number of hydrogen-bond donors (Lipinski definition) is 1. The third kappa shape index (κ3) is 3.63. The van der Waals surface area contributed by atoms with E-state index >= 15 is 0 Å². The van der Waals surface area contributed by atoms with Crippen molar-refractivity contribution in [3.8, 4) is 0 Å². The Balaban J connectivity index is 2.17. The number of rotatable bonds is 5. The minimum Gasteiger partial charge on any atom is -0.320 e. The summed E-state index contributed by atoms with van der Waals surface area (Å²) in [5.74, 6) is 0.718. The maximum atomic E-state index is 12.3. The van der Waals surface area contributed by atoms with E-state index in [0.717, 1.165) is 18.7 Å². The maximum Gasteiger partial charge on any atom is 0.241 e. The molecule has 1 aliphatic rings. The summed E-state index contributed by atoms with van der Waals surface area (Å²) in [4.78, 5) is 16.4. The van der Waals surface area contributed by atoms with Crippen molar-refractivity contribution in [2.75, 3.05) is 27.2 Å². The first-order valence-corrected chi connectivity index (χ1v) is 7.71. The molecule has 1 aromatic rings. The van der Waals surface area contributed by atoms with Crippen LogP contribution in [0.5, 0.6) is 0 Å². The third-order valence-corrected chi connectivity index (χ3v) is 4.08. The fourth-order valence-electron chi connectivity index (χ4n) is 2.66. The van der Waals surface area contributed by atoms with E-state index in [4.69, 9.17) is 0 Å². The molecule has 4 heteroatoms. The molecule has 2 rings (SSSR count). The van der Waals surface area contributed by atoms with Crippen molar-refractivity contribution in [3.63, 3.8) is 0 Å². The van der Waals surface area contributed by atoms with Crippen LogP contribution < -0.4 is 5.32 Å². The van der Waals surface area contributed by atoms with Crippen molar-refractivity contribution in [1.29, 1.82) is 0 Å². The molecule has 0 aromatic heterocycles. The Bertz CT molecular complexity index is 481. The molecule has 1 fully saturated rings. The molecule has 0 bridgehead atoms. The zero-order valence-corrected chi connectivity index (χ0v) is 13.8. The number of amides is 1. The predicted molar refractivity (Wildman–Crippen MR) is 86.1 cm³/mol. The summed E-state index contributed by atoms with van der Waals surface area (Å²) in [5.41, 5.74) is 2.49. The minimum absolute atomic E-state index is 0.00587. The first kappa shape index (κ1) is 16.0. The van der Waals surface area contributed by atoms with Crippen LogP contribution in [0.25, 0.3) is 0 Å². The molecular weight excluding hydrogens is 262 g/mol. The number of carbonyl (C=O) groups is 1. The molecule has 1 heterocycles. The van der Waals surface area contributed by atoms with Gasteiger partial charge in [0.05, 0.1) is 6.04 Å². The summed E-state index contributed by atoms with van der Waals surface area (Å²) < 4.78 is 0. The maximum absolute atomic E-state index is 12.3. The standard InChI is InChI=1S/C17H27N3O/c1-12(2)14-6-8-15(9-7-14)16-18-13(3)17(21)20(16)11-10-19(4)5/h6-9,12-13,16,18H,10-11H2,1-5H3. The molecule has 4 nitrogen and oxygen atoms in total. The smallest absolute Gasteiger partial charge is 0.241 e. The van der Waals surface area contributed by atoms with Gasteiger partial charge in [0, 0.05) is 13.1 Å². The van der Waals surface area contributed by atoms with E-state index in [0.29, 0.717) is 5.92 Å². The Hall–Kier alpha value is -1.39. The van der Waals surface area contributed by atoms with Gasteiger partial charge in [-0.25, -0.2) is 0 Å². The van der Waals surface area contributed by atoms with E-state index in [1.54, 1.807) is 0 Å². The van der Waals surface area contributed by atoms with Crippen molar-refractivity contribution in [2.45, 2.75) is 38.9 Å². The van der Waals surface area contributed by atoms with Crippen LogP contribution in [0.15, 0.2) is 24.3 Å². The molecule has 116 valence electrons. The summed E-state index contributed by atoms with van der Waals surface area (Å²) in [6.07, 6.45) is -0.00587. The molecule has 0 spiro atoms. The Morgan fingerprint density at radius 2 is 1.86 bits per heavy atom. The largest absolute Gasteiger partial charge is 0.320 e. The molecule has 1 amide bonds. The number of likely N-dealkylation sites (N-methyl/N-ethyl adjacent to an activating group) is 1. The minimum atomic E-state index is -0.109. The lowest BCUT2D eigenvalue weighted by atomic mass is 10.0. The van der Waals surface area contributed by atoms with Crippen molar-refractivity contribution < 1.29 is 4.79 Å². The van der Waals surface area contributed by atoms with Gasteiger partial charge in [-0.2, -0.15) is 0 Å². The SMILES string of the molecule is CC1NC(c2ccc(C(C)C)cc2)N(CCN(C)C)C1=O. The fraction of sp³-hybridized carbons (Fsp3) is 0.588. The van der Waals surface area contributed by atoms with Gasteiger partial charge in [-0.1, -0.05) is 38.1 Å². The summed E-state index contributed by atoms with van der Waals surface area (Å²) in [7, 11) is 4.06. The van der Waals surface area contributed by atoms with Crippen LogP contribution in [0.1, 0.15) is 44.0 Å². The van der Waals surface area contributed by atoms with Crippen LogP contribution in [0.3, 0.4) is 0 Å². The van der Waals surface area contributed by atoms with Gasteiger partial charge in [-0.3, -0.25) is 10.1 Å². The molecule has 0 aliphatic carbocycles. The molecule has 0 saturated carbocycles. The van der Waals surface area contributed by atoms with Crippen LogP contribution in [-0.4, -0.2) is 48.9 Å². The number of benzene rings is 1. The van der Waals surface area contributed by atoms with Crippen molar-refractivity contribution in [1.82, 2.24) is 15.1 Å². The molecule has 1 aromatic carbocycles. The molecule has 21 heavy (non-hydrogen) atoms. The normalized spacial score (nSPS) is 22.6. The number of nitrogens with one attached hydrogen (secondary N) is 1. The van der Waals surface area contributed by atoms with E-state index in [2.05, 4.69) is 48.3 Å². The highest BCUT2D eigenvalue weighted by Gasteiger charge is 2.36. The van der Waals surface area contributed by atoms with Gasteiger partial charge < -0.3 is 9.80 Å². The molecule has 2 unspecified atom stereocenters. The van der Waals surface area contributed by atoms with Crippen LogP contribution >= 0.6 is 0 Å². The van der Waals surface area contributed by atoms with Gasteiger partial charge in [0.15, 0.2) is 0 Å². The average molecular weight is 289 g/mol. The second kappa shape index (κ2) is 6.58. The quantitative estimate of drug-likeness (QED) is 0.902. The zero-order valence-electron chi connectivity index (χ0n) is 13.8. The Morgan fingerprint density at radius 3 is 2.38 bits per heavy atom. The second-order valence-corrected chi connectivity index (χ2v) is 6.45. The average Bonchev–Trinajstić information content (AvgIpc) is 2.72. The van der Waals surface area contributed by atoms with Crippen LogP contribution in [-0.2, 0) is 4.79 Å². The van der Waals surface area contributed by atoms with Gasteiger partial charge in [-0.15, -0.1) is 0 Å². The number of hydrogen-bond acceptors (Lipinski definition) is 3. The van der Waals surface area contributed by atoms with E-state index < -0.39 is 0 Å². The molecular formula is C17H27N3O. The fourth-order valence-corrected chi connectivity index (χ4v) is 2.66. The van der Waals surface area contributed by atoms with E-state index in [9.17, 15) is 4.79 Å². The highest BCUT2D eigenvalue weighted by atomic mass is 16.2. The van der Waals surface area contributed by atoms with Crippen LogP contribution in [0.2, 0.25) is 0 Å². The van der Waals surface area contributed by atoms with Gasteiger partial charge >= 0.3 is 0 Å². The monoisotopic (exact) mass is 289 g/mol. The predicted octanol–water partition coefficient (Wildman–Crippen LogP) is 2.19. The van der Waals surface area contributed by atoms with Crippen LogP contribution in [0, 0.1) is 0 Å². The zero-order chi connectivity index (χ0) is 15.6. The van der Waals surface area contributed by atoms with Crippen LogP contribution in [0.4, 0.5) is 0 Å². The summed E-state index contributed by atoms with van der Waals surface area (Å²) in [6.45, 7) is 7.95. The molecule has 1 N–H and O–H groups in total. The number of nitrogens with zero attached hydrogens (tertiary/aromatic N) is 2. The topological polar surface area (TPSA) is 35.6 Å². The summed E-state index contributed by atoms with van der Waals surface area (Å²) in [6, 6.07) is 8.50. The van der Waals surface area contributed by atoms with Gasteiger partial charge in [0.2, 0.25) is 5.91 Å². The first-order valence-electron chi connectivity index (χ1n) is 7.71. The van der Waals surface area contributed by atoms with E-state index in [1.165, 1.54) is 5.56 Å². The van der Waals surface area contributed by atoms with E-state index in [-0.39, 0.29) is 18.1 Å². The molecule has 1 aliphatic heterocycles. The lowest BCUT2D eigenvalue weighted by molar-refractivity contribution is -0.130. The summed E-state index contributed by atoms with van der Waals surface area (Å²) >= 11 is 0.